The molecule has 0 aromatic carbocycles. The monoisotopic (exact) mass is 529 g/mol. The normalized spacial score (nSPS) is 18.9. The molecule has 2 amide bonds. The van der Waals surface area contributed by atoms with Crippen molar-refractivity contribution in [1.82, 2.24) is 10.6 Å². The molecule has 0 aliphatic carbocycles. The average Bonchev–Trinajstić information content (AvgIpc) is 3.68. The van der Waals surface area contributed by atoms with Crippen LogP contribution < -0.4 is 16.0 Å². The largest absolute Gasteiger partial charge is 0.472 e. The SMILES string of the molecule is O=C(NCc1c(-c2ccoc2)sc2c1CCNC2)Nc1sc2c(c1C(=O)OC1CCOC1)CCOC2. The van der Waals surface area contributed by atoms with Crippen LogP contribution in [0.4, 0.5) is 9.80 Å². The summed E-state index contributed by atoms with van der Waals surface area (Å²) in [6, 6.07) is 1.58. The van der Waals surface area contributed by atoms with Crippen LogP contribution in [0.25, 0.3) is 10.4 Å². The van der Waals surface area contributed by atoms with Gasteiger partial charge in [0.15, 0.2) is 0 Å². The standard InChI is InChI=1S/C25H27N3O6S2/c29-24(34-15-3-7-32-12-15)21-17-4-8-33-13-20(17)36-23(21)28-25(30)27-9-18-16-1-5-26-10-19(16)35-22(18)14-2-6-31-11-14/h2,6,11,15,26H,1,3-5,7-10,12-13H2,(H2,27,28,30). The van der Waals surface area contributed by atoms with E-state index < -0.39 is 5.97 Å². The first-order valence-electron chi connectivity index (χ1n) is 12.1. The second-order valence-electron chi connectivity index (χ2n) is 8.96. The molecule has 0 saturated carbocycles. The molecule has 3 aliphatic heterocycles. The van der Waals surface area contributed by atoms with Crippen molar-refractivity contribution in [2.75, 3.05) is 31.7 Å². The Labute approximate surface area is 216 Å². The van der Waals surface area contributed by atoms with Gasteiger partial charge in [-0.05, 0) is 42.1 Å². The zero-order chi connectivity index (χ0) is 24.5. The fourth-order valence-corrected chi connectivity index (χ4v) is 7.37. The summed E-state index contributed by atoms with van der Waals surface area (Å²) in [5.41, 5.74) is 4.78. The van der Waals surface area contributed by atoms with Gasteiger partial charge in [0.25, 0.3) is 0 Å². The Morgan fingerprint density at radius 3 is 2.92 bits per heavy atom. The molecule has 3 aromatic rings. The highest BCUT2D eigenvalue weighted by atomic mass is 32.1. The number of thiophene rings is 2. The number of esters is 1. The van der Waals surface area contributed by atoms with Gasteiger partial charge in [-0.1, -0.05) is 0 Å². The lowest BCUT2D eigenvalue weighted by Gasteiger charge is -2.16. The average molecular weight is 530 g/mol. The van der Waals surface area contributed by atoms with Gasteiger partial charge in [-0.15, -0.1) is 22.7 Å². The third kappa shape index (κ3) is 4.69. The Morgan fingerprint density at radius 1 is 1.14 bits per heavy atom. The van der Waals surface area contributed by atoms with Crippen LogP contribution in [0.15, 0.2) is 23.0 Å². The number of rotatable bonds is 6. The molecule has 3 N–H and O–H groups in total. The van der Waals surface area contributed by atoms with Gasteiger partial charge in [0.1, 0.15) is 11.1 Å². The van der Waals surface area contributed by atoms with Crippen molar-refractivity contribution in [3.05, 3.63) is 50.6 Å². The zero-order valence-electron chi connectivity index (χ0n) is 19.6. The summed E-state index contributed by atoms with van der Waals surface area (Å²) in [4.78, 5) is 29.5. The van der Waals surface area contributed by atoms with E-state index in [9.17, 15) is 9.59 Å². The first-order chi connectivity index (χ1) is 17.7. The van der Waals surface area contributed by atoms with Gasteiger partial charge < -0.3 is 29.3 Å². The van der Waals surface area contributed by atoms with Crippen LogP contribution in [0, 0.1) is 0 Å². The highest BCUT2D eigenvalue weighted by Crippen LogP contribution is 2.39. The third-order valence-electron chi connectivity index (χ3n) is 6.66. The Hall–Kier alpha value is -2.70. The molecule has 9 nitrogen and oxygen atoms in total. The summed E-state index contributed by atoms with van der Waals surface area (Å²) in [5, 5.41) is 9.85. The van der Waals surface area contributed by atoms with Crippen LogP contribution in [0.2, 0.25) is 0 Å². The minimum atomic E-state index is -0.415. The summed E-state index contributed by atoms with van der Waals surface area (Å²) >= 11 is 3.11. The number of hydrogen-bond acceptors (Lipinski definition) is 9. The lowest BCUT2D eigenvalue weighted by Crippen LogP contribution is -2.30. The number of ether oxygens (including phenoxy) is 3. The van der Waals surface area contributed by atoms with Crippen LogP contribution in [0.3, 0.4) is 0 Å². The van der Waals surface area contributed by atoms with E-state index in [-0.39, 0.29) is 12.1 Å². The molecule has 190 valence electrons. The van der Waals surface area contributed by atoms with Gasteiger partial charge >= 0.3 is 12.0 Å². The Morgan fingerprint density at radius 2 is 2.08 bits per heavy atom. The summed E-state index contributed by atoms with van der Waals surface area (Å²) in [6.45, 7) is 4.08. The minimum Gasteiger partial charge on any atom is -0.472 e. The van der Waals surface area contributed by atoms with Crippen LogP contribution in [-0.4, -0.2) is 44.5 Å². The molecule has 36 heavy (non-hydrogen) atoms. The van der Waals surface area contributed by atoms with E-state index >= 15 is 0 Å². The molecule has 0 bridgehead atoms. The van der Waals surface area contributed by atoms with Gasteiger partial charge in [0.2, 0.25) is 0 Å². The molecule has 1 saturated heterocycles. The van der Waals surface area contributed by atoms with Crippen LogP contribution in [0.1, 0.15) is 43.2 Å². The van der Waals surface area contributed by atoms with Crippen molar-refractivity contribution < 1.29 is 28.2 Å². The summed E-state index contributed by atoms with van der Waals surface area (Å²) in [6.07, 6.45) is 5.36. The van der Waals surface area contributed by atoms with Crippen molar-refractivity contribution in [2.45, 2.75) is 45.1 Å². The fraction of sp³-hybridized carbons (Fsp3) is 0.440. The fourth-order valence-electron chi connectivity index (χ4n) is 4.88. The van der Waals surface area contributed by atoms with Crippen LogP contribution in [-0.2, 0) is 46.7 Å². The maximum absolute atomic E-state index is 13.1. The number of carbonyl (C=O) groups excluding carboxylic acids is 2. The van der Waals surface area contributed by atoms with Gasteiger partial charge in [-0.3, -0.25) is 5.32 Å². The van der Waals surface area contributed by atoms with E-state index in [1.807, 2.05) is 6.07 Å². The summed E-state index contributed by atoms with van der Waals surface area (Å²) in [5.74, 6) is -0.415. The van der Waals surface area contributed by atoms with E-state index in [0.717, 1.165) is 46.0 Å². The second kappa shape index (κ2) is 10.3. The van der Waals surface area contributed by atoms with Crippen molar-refractivity contribution in [3.8, 4) is 10.4 Å². The quantitative estimate of drug-likeness (QED) is 0.413. The molecule has 0 radical (unpaired) electrons. The number of anilines is 1. The van der Waals surface area contributed by atoms with Crippen molar-refractivity contribution in [3.63, 3.8) is 0 Å². The molecule has 6 rings (SSSR count). The second-order valence-corrected chi connectivity index (χ2v) is 11.2. The van der Waals surface area contributed by atoms with Crippen LogP contribution in [0.5, 0.6) is 0 Å². The Bertz CT molecular complexity index is 1260. The van der Waals surface area contributed by atoms with Crippen molar-refractivity contribution in [1.29, 1.82) is 0 Å². The first-order valence-corrected chi connectivity index (χ1v) is 13.7. The summed E-state index contributed by atoms with van der Waals surface area (Å²) in [7, 11) is 0. The van der Waals surface area contributed by atoms with Crippen LogP contribution >= 0.6 is 22.7 Å². The van der Waals surface area contributed by atoms with E-state index in [2.05, 4.69) is 16.0 Å². The number of fused-ring (bicyclic) bond motifs is 2. The maximum atomic E-state index is 13.1. The Kier molecular flexibility index (Phi) is 6.81. The number of urea groups is 1. The molecule has 3 aromatic heterocycles. The number of nitrogens with one attached hydrogen (secondary N) is 3. The number of carbonyl (C=O) groups is 2. The number of amides is 2. The molecule has 1 atom stereocenters. The molecular weight excluding hydrogens is 502 g/mol. The highest BCUT2D eigenvalue weighted by Gasteiger charge is 2.30. The van der Waals surface area contributed by atoms with Crippen molar-refractivity contribution >= 4 is 39.7 Å². The highest BCUT2D eigenvalue weighted by molar-refractivity contribution is 7.17. The Balaban J connectivity index is 1.21. The lowest BCUT2D eigenvalue weighted by molar-refractivity contribution is 0.0269. The molecule has 11 heteroatoms. The lowest BCUT2D eigenvalue weighted by atomic mass is 10.0. The molecule has 6 heterocycles. The van der Waals surface area contributed by atoms with Crippen molar-refractivity contribution in [2.24, 2.45) is 0 Å². The van der Waals surface area contributed by atoms with E-state index in [1.54, 1.807) is 23.9 Å². The predicted octanol–water partition coefficient (Wildman–Crippen LogP) is 4.06. The minimum absolute atomic E-state index is 0.254. The van der Waals surface area contributed by atoms with Gasteiger partial charge in [0.05, 0.1) is 44.5 Å². The van der Waals surface area contributed by atoms with E-state index in [4.69, 9.17) is 18.6 Å². The van der Waals surface area contributed by atoms with E-state index in [0.29, 0.717) is 56.4 Å². The topological polar surface area (TPSA) is 111 Å². The molecule has 1 fully saturated rings. The van der Waals surface area contributed by atoms with Gasteiger partial charge in [-0.25, -0.2) is 9.59 Å². The molecule has 1 unspecified atom stereocenters. The van der Waals surface area contributed by atoms with Gasteiger partial charge in [0, 0.05) is 39.7 Å². The summed E-state index contributed by atoms with van der Waals surface area (Å²) < 4.78 is 21.9. The maximum Gasteiger partial charge on any atom is 0.341 e. The third-order valence-corrected chi connectivity index (χ3v) is 9.10. The zero-order valence-corrected chi connectivity index (χ0v) is 21.3. The first kappa shape index (κ1) is 23.7. The van der Waals surface area contributed by atoms with E-state index in [1.165, 1.54) is 21.8 Å². The molecular formula is C25H27N3O6S2. The van der Waals surface area contributed by atoms with Gasteiger partial charge in [-0.2, -0.15) is 0 Å². The number of hydrogen-bond donors (Lipinski definition) is 3. The molecule has 3 aliphatic rings. The number of furan rings is 1. The predicted molar refractivity (Wildman–Crippen MR) is 136 cm³/mol. The smallest absolute Gasteiger partial charge is 0.341 e. The molecule has 0 spiro atoms.